The second kappa shape index (κ2) is 7.85. The lowest BCUT2D eigenvalue weighted by Crippen LogP contribution is -2.29. The highest BCUT2D eigenvalue weighted by Gasteiger charge is 2.07. The average Bonchev–Trinajstić information content (AvgIpc) is 2.52. The lowest BCUT2D eigenvalue weighted by atomic mass is 10.0. The number of carbonyl (C=O) groups excluding carboxylic acids is 1. The van der Waals surface area contributed by atoms with Crippen LogP contribution in [0.2, 0.25) is 5.02 Å². The van der Waals surface area contributed by atoms with Gasteiger partial charge < -0.3 is 10.6 Å². The van der Waals surface area contributed by atoms with Crippen molar-refractivity contribution in [2.24, 2.45) is 0 Å². The van der Waals surface area contributed by atoms with E-state index in [1.54, 1.807) is 0 Å². The smallest absolute Gasteiger partial charge is 0.239 e. The largest absolute Gasteiger partial charge is 0.376 e. The van der Waals surface area contributed by atoms with Crippen LogP contribution in [0.4, 0.5) is 5.69 Å². The molecule has 2 aromatic carbocycles. The number of anilines is 1. The molecule has 22 heavy (non-hydrogen) atoms. The zero-order valence-electron chi connectivity index (χ0n) is 12.9. The zero-order valence-corrected chi connectivity index (χ0v) is 13.7. The molecule has 0 saturated heterocycles. The summed E-state index contributed by atoms with van der Waals surface area (Å²) in [4.78, 5) is 11.9. The number of para-hydroxylation sites is 1. The van der Waals surface area contributed by atoms with Crippen molar-refractivity contribution in [1.29, 1.82) is 0 Å². The molecule has 0 aliphatic heterocycles. The highest BCUT2D eigenvalue weighted by Crippen LogP contribution is 2.23. The van der Waals surface area contributed by atoms with Crippen LogP contribution in [0.3, 0.4) is 0 Å². The number of benzene rings is 2. The van der Waals surface area contributed by atoms with Crippen molar-refractivity contribution in [1.82, 2.24) is 5.32 Å². The maximum atomic E-state index is 11.9. The van der Waals surface area contributed by atoms with Gasteiger partial charge in [-0.1, -0.05) is 55.8 Å². The van der Waals surface area contributed by atoms with Crippen LogP contribution in [0.15, 0.2) is 48.5 Å². The molecule has 0 unspecified atom stereocenters. The molecule has 2 rings (SSSR count). The summed E-state index contributed by atoms with van der Waals surface area (Å²) < 4.78 is 0. The maximum Gasteiger partial charge on any atom is 0.239 e. The first-order valence-electron chi connectivity index (χ1n) is 7.40. The van der Waals surface area contributed by atoms with E-state index in [1.165, 1.54) is 5.56 Å². The molecule has 0 spiro atoms. The maximum absolute atomic E-state index is 11.9. The minimum absolute atomic E-state index is 0.0338. The third-order valence-electron chi connectivity index (χ3n) is 3.43. The standard InChI is InChI=1S/C18H21ClN2O/c1-13(2)16-5-3-4-6-17(16)20-12-18(22)21-11-14-7-9-15(19)10-8-14/h3-10,13,20H,11-12H2,1-2H3,(H,21,22). The Morgan fingerprint density at radius 2 is 1.77 bits per heavy atom. The first kappa shape index (κ1) is 16.4. The summed E-state index contributed by atoms with van der Waals surface area (Å²) in [6, 6.07) is 15.5. The third-order valence-corrected chi connectivity index (χ3v) is 3.68. The fourth-order valence-corrected chi connectivity index (χ4v) is 2.33. The van der Waals surface area contributed by atoms with Gasteiger partial charge in [-0.05, 0) is 35.2 Å². The van der Waals surface area contributed by atoms with Gasteiger partial charge in [-0.3, -0.25) is 4.79 Å². The van der Waals surface area contributed by atoms with Gasteiger partial charge in [-0.2, -0.15) is 0 Å². The minimum atomic E-state index is -0.0338. The molecule has 0 aliphatic rings. The molecule has 0 saturated carbocycles. The molecule has 3 nitrogen and oxygen atoms in total. The van der Waals surface area contributed by atoms with Crippen molar-refractivity contribution >= 4 is 23.2 Å². The Morgan fingerprint density at radius 1 is 1.09 bits per heavy atom. The van der Waals surface area contributed by atoms with Crippen LogP contribution in [0.25, 0.3) is 0 Å². The highest BCUT2D eigenvalue weighted by molar-refractivity contribution is 6.30. The van der Waals surface area contributed by atoms with E-state index in [-0.39, 0.29) is 12.5 Å². The monoisotopic (exact) mass is 316 g/mol. The average molecular weight is 317 g/mol. The first-order chi connectivity index (χ1) is 10.6. The fourth-order valence-electron chi connectivity index (χ4n) is 2.20. The molecular weight excluding hydrogens is 296 g/mol. The Labute approximate surface area is 136 Å². The molecule has 0 bridgehead atoms. The van der Waals surface area contributed by atoms with E-state index in [1.807, 2.05) is 42.5 Å². The molecular formula is C18H21ClN2O. The van der Waals surface area contributed by atoms with Crippen LogP contribution in [0.5, 0.6) is 0 Å². The predicted molar refractivity (Wildman–Crippen MR) is 92.3 cm³/mol. The molecule has 0 radical (unpaired) electrons. The highest BCUT2D eigenvalue weighted by atomic mass is 35.5. The van der Waals surface area contributed by atoms with E-state index >= 15 is 0 Å². The SMILES string of the molecule is CC(C)c1ccccc1NCC(=O)NCc1ccc(Cl)cc1. The van der Waals surface area contributed by atoms with Gasteiger partial charge in [0.05, 0.1) is 6.54 Å². The number of rotatable bonds is 6. The van der Waals surface area contributed by atoms with Crippen molar-refractivity contribution in [2.45, 2.75) is 26.3 Å². The minimum Gasteiger partial charge on any atom is -0.376 e. The second-order valence-corrected chi connectivity index (χ2v) is 5.94. The van der Waals surface area contributed by atoms with E-state index < -0.39 is 0 Å². The van der Waals surface area contributed by atoms with Gasteiger partial charge >= 0.3 is 0 Å². The normalized spacial score (nSPS) is 10.5. The van der Waals surface area contributed by atoms with Crippen molar-refractivity contribution in [3.8, 4) is 0 Å². The second-order valence-electron chi connectivity index (χ2n) is 5.50. The molecule has 0 atom stereocenters. The van der Waals surface area contributed by atoms with Gasteiger partial charge in [-0.25, -0.2) is 0 Å². The summed E-state index contributed by atoms with van der Waals surface area (Å²) in [6.45, 7) is 5.04. The van der Waals surface area contributed by atoms with Gasteiger partial charge in [-0.15, -0.1) is 0 Å². The Balaban J connectivity index is 1.84. The van der Waals surface area contributed by atoms with Crippen LogP contribution < -0.4 is 10.6 Å². The quantitative estimate of drug-likeness (QED) is 0.839. The van der Waals surface area contributed by atoms with E-state index in [0.29, 0.717) is 17.5 Å². The lowest BCUT2D eigenvalue weighted by molar-refractivity contribution is -0.119. The molecule has 2 aromatic rings. The van der Waals surface area contributed by atoms with Gasteiger partial charge in [0.15, 0.2) is 0 Å². The Hall–Kier alpha value is -2.00. The number of nitrogens with one attached hydrogen (secondary N) is 2. The number of hydrogen-bond acceptors (Lipinski definition) is 2. The molecule has 0 aliphatic carbocycles. The molecule has 0 heterocycles. The van der Waals surface area contributed by atoms with E-state index in [9.17, 15) is 4.79 Å². The van der Waals surface area contributed by atoms with Gasteiger partial charge in [0, 0.05) is 17.3 Å². The topological polar surface area (TPSA) is 41.1 Å². The van der Waals surface area contributed by atoms with Crippen molar-refractivity contribution in [2.75, 3.05) is 11.9 Å². The number of amides is 1. The summed E-state index contributed by atoms with van der Waals surface area (Å²) in [5.41, 5.74) is 3.26. The van der Waals surface area contributed by atoms with Crippen molar-refractivity contribution in [3.05, 3.63) is 64.7 Å². The zero-order chi connectivity index (χ0) is 15.9. The lowest BCUT2D eigenvalue weighted by Gasteiger charge is -2.14. The summed E-state index contributed by atoms with van der Waals surface area (Å²) in [7, 11) is 0. The Bertz CT molecular complexity index is 623. The Kier molecular flexibility index (Phi) is 5.84. The molecule has 116 valence electrons. The van der Waals surface area contributed by atoms with E-state index in [0.717, 1.165) is 11.3 Å². The fraction of sp³-hybridized carbons (Fsp3) is 0.278. The number of carbonyl (C=O) groups is 1. The summed E-state index contributed by atoms with van der Waals surface area (Å²) >= 11 is 5.83. The number of hydrogen-bond donors (Lipinski definition) is 2. The Morgan fingerprint density at radius 3 is 2.45 bits per heavy atom. The molecule has 0 aromatic heterocycles. The van der Waals surface area contributed by atoms with Crippen molar-refractivity contribution < 1.29 is 4.79 Å². The van der Waals surface area contributed by atoms with Gasteiger partial charge in [0.2, 0.25) is 5.91 Å². The van der Waals surface area contributed by atoms with E-state index in [2.05, 4.69) is 30.5 Å². The van der Waals surface area contributed by atoms with Gasteiger partial charge in [0.1, 0.15) is 0 Å². The van der Waals surface area contributed by atoms with Crippen LogP contribution in [-0.4, -0.2) is 12.5 Å². The third kappa shape index (κ3) is 4.78. The van der Waals surface area contributed by atoms with Crippen molar-refractivity contribution in [3.63, 3.8) is 0 Å². The summed E-state index contributed by atoms with van der Waals surface area (Å²) in [5, 5.41) is 6.80. The molecule has 4 heteroatoms. The van der Waals surface area contributed by atoms with Crippen LogP contribution in [0, 0.1) is 0 Å². The predicted octanol–water partition coefficient (Wildman–Crippen LogP) is 4.19. The van der Waals surface area contributed by atoms with Crippen LogP contribution in [0.1, 0.15) is 30.9 Å². The van der Waals surface area contributed by atoms with E-state index in [4.69, 9.17) is 11.6 Å². The molecule has 1 amide bonds. The first-order valence-corrected chi connectivity index (χ1v) is 7.78. The summed E-state index contributed by atoms with van der Waals surface area (Å²) in [5.74, 6) is 0.384. The number of halogens is 1. The molecule has 0 fully saturated rings. The van der Waals surface area contributed by atoms with Crippen LogP contribution >= 0.6 is 11.6 Å². The van der Waals surface area contributed by atoms with Crippen LogP contribution in [-0.2, 0) is 11.3 Å². The summed E-state index contributed by atoms with van der Waals surface area (Å²) in [6.07, 6.45) is 0. The molecule has 2 N–H and O–H groups in total. The van der Waals surface area contributed by atoms with Gasteiger partial charge in [0.25, 0.3) is 0 Å².